The molecule has 0 saturated carbocycles. The van der Waals surface area contributed by atoms with Crippen molar-refractivity contribution in [3.63, 3.8) is 0 Å². The highest BCUT2D eigenvalue weighted by Crippen LogP contribution is 2.31. The van der Waals surface area contributed by atoms with Gasteiger partial charge in [0.05, 0.1) is 16.0 Å². The Balaban J connectivity index is 2.88. The summed E-state index contributed by atoms with van der Waals surface area (Å²) in [6.45, 7) is 4.17. The first kappa shape index (κ1) is 17.0. The fourth-order valence-corrected chi connectivity index (χ4v) is 2.06. The van der Waals surface area contributed by atoms with Gasteiger partial charge in [0.25, 0.3) is 11.4 Å². The van der Waals surface area contributed by atoms with E-state index >= 15 is 0 Å². The number of nitrogens with one attached hydrogen (secondary N) is 1. The van der Waals surface area contributed by atoms with Gasteiger partial charge >= 0.3 is 0 Å². The van der Waals surface area contributed by atoms with Crippen LogP contribution in [0.2, 0.25) is 0 Å². The molecule has 1 rings (SSSR count). The van der Waals surface area contributed by atoms with Gasteiger partial charge in [-0.05, 0) is 38.8 Å². The third kappa shape index (κ3) is 5.09. The first-order valence-electron chi connectivity index (χ1n) is 6.64. The minimum Gasteiger partial charge on any atom is -0.392 e. The number of nitro benzene ring substituents is 2. The molecule has 0 amide bonds. The number of aliphatic hydroxyl groups excluding tert-OH is 1. The van der Waals surface area contributed by atoms with E-state index in [2.05, 4.69) is 5.32 Å². The van der Waals surface area contributed by atoms with Crippen molar-refractivity contribution in [2.75, 3.05) is 13.1 Å². The molecule has 0 aliphatic carbocycles. The van der Waals surface area contributed by atoms with Crippen LogP contribution in [0, 0.1) is 27.2 Å². The van der Waals surface area contributed by atoms with E-state index in [-0.39, 0.29) is 23.4 Å². The summed E-state index contributed by atoms with van der Waals surface area (Å²) < 4.78 is 0. The van der Waals surface area contributed by atoms with Crippen LogP contribution in [0.3, 0.4) is 0 Å². The summed E-state index contributed by atoms with van der Waals surface area (Å²) in [7, 11) is 0. The Bertz CT molecular complexity index is 496. The summed E-state index contributed by atoms with van der Waals surface area (Å²) in [6, 6.07) is 2.71. The van der Waals surface area contributed by atoms with Crippen LogP contribution in [0.15, 0.2) is 12.1 Å². The van der Waals surface area contributed by atoms with Gasteiger partial charge in [-0.2, -0.15) is 0 Å². The Morgan fingerprint density at radius 1 is 1.24 bits per heavy atom. The zero-order chi connectivity index (χ0) is 16.0. The fraction of sp³-hybridized carbons (Fsp3) is 0.538. The molecular weight excluding hydrogens is 278 g/mol. The van der Waals surface area contributed by atoms with Gasteiger partial charge in [0.2, 0.25) is 0 Å². The van der Waals surface area contributed by atoms with E-state index in [1.54, 1.807) is 13.8 Å². The molecule has 21 heavy (non-hydrogen) atoms. The Morgan fingerprint density at radius 2 is 1.76 bits per heavy atom. The van der Waals surface area contributed by atoms with Crippen molar-refractivity contribution in [2.45, 2.75) is 32.8 Å². The first-order chi connectivity index (χ1) is 9.82. The van der Waals surface area contributed by atoms with Crippen molar-refractivity contribution in [3.05, 3.63) is 43.5 Å². The minimum absolute atomic E-state index is 0.148. The molecule has 8 heteroatoms. The molecular formula is C13H19N3O5. The summed E-state index contributed by atoms with van der Waals surface area (Å²) in [6.07, 6.45) is 0.269. The van der Waals surface area contributed by atoms with Crippen LogP contribution in [0.1, 0.15) is 24.5 Å². The number of aryl methyl sites for hydroxylation is 1. The maximum Gasteiger partial charge on any atom is 0.279 e. The van der Waals surface area contributed by atoms with Gasteiger partial charge in [0.15, 0.2) is 0 Å². The molecule has 1 aromatic rings. The standard InChI is InChI=1S/C13H19N3O5/c1-9-6-12(15(18)19)11(13(7-9)16(20)21)4-3-5-14-8-10(2)17/h6-7,10,14,17H,3-5,8H2,1-2H3. The number of hydrogen-bond donors (Lipinski definition) is 2. The van der Waals surface area contributed by atoms with E-state index in [0.717, 1.165) is 0 Å². The second-order valence-electron chi connectivity index (χ2n) is 4.95. The quantitative estimate of drug-likeness (QED) is 0.428. The monoisotopic (exact) mass is 297 g/mol. The van der Waals surface area contributed by atoms with Crippen LogP contribution >= 0.6 is 0 Å². The molecule has 8 nitrogen and oxygen atoms in total. The predicted octanol–water partition coefficient (Wildman–Crippen LogP) is 1.71. The number of rotatable bonds is 8. The van der Waals surface area contributed by atoms with Gasteiger partial charge in [0.1, 0.15) is 5.56 Å². The van der Waals surface area contributed by atoms with Crippen molar-refractivity contribution in [1.29, 1.82) is 0 Å². The second kappa shape index (κ2) is 7.65. The maximum absolute atomic E-state index is 11.1. The molecule has 1 atom stereocenters. The lowest BCUT2D eigenvalue weighted by molar-refractivity contribution is -0.395. The second-order valence-corrected chi connectivity index (χ2v) is 4.95. The zero-order valence-electron chi connectivity index (χ0n) is 12.0. The number of benzene rings is 1. The Hall–Kier alpha value is -2.06. The topological polar surface area (TPSA) is 119 Å². The molecule has 0 aromatic heterocycles. The number of nitrogens with zero attached hydrogens (tertiary/aromatic N) is 2. The molecule has 0 radical (unpaired) electrons. The molecule has 0 spiro atoms. The number of hydrogen-bond acceptors (Lipinski definition) is 6. The van der Waals surface area contributed by atoms with Crippen molar-refractivity contribution < 1.29 is 15.0 Å². The summed E-state index contributed by atoms with van der Waals surface area (Å²) >= 11 is 0. The molecule has 0 bridgehead atoms. The number of nitro groups is 2. The highest BCUT2D eigenvalue weighted by molar-refractivity contribution is 5.56. The van der Waals surface area contributed by atoms with E-state index in [4.69, 9.17) is 5.11 Å². The van der Waals surface area contributed by atoms with Gasteiger partial charge in [-0.15, -0.1) is 0 Å². The molecule has 0 heterocycles. The Labute approximate surface area is 122 Å². The largest absolute Gasteiger partial charge is 0.392 e. The zero-order valence-corrected chi connectivity index (χ0v) is 12.0. The van der Waals surface area contributed by atoms with Crippen LogP contribution < -0.4 is 5.32 Å². The Morgan fingerprint density at radius 3 is 2.19 bits per heavy atom. The van der Waals surface area contributed by atoms with Crippen molar-refractivity contribution in [3.8, 4) is 0 Å². The van der Waals surface area contributed by atoms with Gasteiger partial charge in [0, 0.05) is 18.7 Å². The van der Waals surface area contributed by atoms with Crippen LogP contribution in [0.5, 0.6) is 0 Å². The van der Waals surface area contributed by atoms with E-state index in [1.807, 2.05) is 0 Å². The summed E-state index contributed by atoms with van der Waals surface area (Å²) in [4.78, 5) is 21.0. The van der Waals surface area contributed by atoms with Crippen molar-refractivity contribution in [2.24, 2.45) is 0 Å². The van der Waals surface area contributed by atoms with Crippen LogP contribution in [-0.4, -0.2) is 34.1 Å². The highest BCUT2D eigenvalue weighted by Gasteiger charge is 2.25. The smallest absolute Gasteiger partial charge is 0.279 e. The van der Waals surface area contributed by atoms with E-state index in [1.165, 1.54) is 12.1 Å². The maximum atomic E-state index is 11.1. The molecule has 116 valence electrons. The van der Waals surface area contributed by atoms with Crippen LogP contribution in [0.25, 0.3) is 0 Å². The van der Waals surface area contributed by atoms with Crippen LogP contribution in [0.4, 0.5) is 11.4 Å². The average molecular weight is 297 g/mol. The molecule has 1 aromatic carbocycles. The summed E-state index contributed by atoms with van der Waals surface area (Å²) in [5.74, 6) is 0. The van der Waals surface area contributed by atoms with Gasteiger partial charge in [-0.25, -0.2) is 0 Å². The lowest BCUT2D eigenvalue weighted by Gasteiger charge is -2.08. The predicted molar refractivity (Wildman–Crippen MR) is 77.4 cm³/mol. The third-order valence-corrected chi connectivity index (χ3v) is 2.96. The normalized spacial score (nSPS) is 12.1. The van der Waals surface area contributed by atoms with Crippen molar-refractivity contribution >= 4 is 11.4 Å². The highest BCUT2D eigenvalue weighted by atomic mass is 16.6. The third-order valence-electron chi connectivity index (χ3n) is 2.96. The molecule has 1 unspecified atom stereocenters. The first-order valence-corrected chi connectivity index (χ1v) is 6.64. The lowest BCUT2D eigenvalue weighted by Crippen LogP contribution is -2.25. The average Bonchev–Trinajstić information content (AvgIpc) is 2.38. The molecule has 2 N–H and O–H groups in total. The molecule has 0 aliphatic heterocycles. The minimum atomic E-state index is -0.585. The number of aliphatic hydroxyl groups is 1. The van der Waals surface area contributed by atoms with E-state index in [9.17, 15) is 20.2 Å². The summed E-state index contributed by atoms with van der Waals surface area (Å²) in [5.41, 5.74) is 0.216. The van der Waals surface area contributed by atoms with Gasteiger partial charge in [-0.1, -0.05) is 0 Å². The lowest BCUT2D eigenvalue weighted by atomic mass is 10.0. The summed E-state index contributed by atoms with van der Waals surface area (Å²) in [5, 5.41) is 34.2. The fourth-order valence-electron chi connectivity index (χ4n) is 2.06. The Kier molecular flexibility index (Phi) is 6.19. The molecule has 0 aliphatic rings. The van der Waals surface area contributed by atoms with E-state index < -0.39 is 16.0 Å². The van der Waals surface area contributed by atoms with Gasteiger partial charge in [-0.3, -0.25) is 20.2 Å². The molecule has 0 saturated heterocycles. The molecule has 0 fully saturated rings. The van der Waals surface area contributed by atoms with E-state index in [0.29, 0.717) is 25.1 Å². The van der Waals surface area contributed by atoms with Crippen molar-refractivity contribution in [1.82, 2.24) is 5.32 Å². The van der Waals surface area contributed by atoms with Gasteiger partial charge < -0.3 is 10.4 Å². The SMILES string of the molecule is Cc1cc([N+](=O)[O-])c(CCCNCC(C)O)c([N+](=O)[O-])c1. The van der Waals surface area contributed by atoms with Crippen LogP contribution in [-0.2, 0) is 6.42 Å².